The summed E-state index contributed by atoms with van der Waals surface area (Å²) in [5.74, 6) is 0.485. The summed E-state index contributed by atoms with van der Waals surface area (Å²) in [7, 11) is -2.34. The second kappa shape index (κ2) is 9.34. The predicted molar refractivity (Wildman–Crippen MR) is 128 cm³/mol. The van der Waals surface area contributed by atoms with Gasteiger partial charge in [-0.15, -0.1) is 10.2 Å². The number of carbonyl (C=O) groups is 1. The van der Waals surface area contributed by atoms with Crippen molar-refractivity contribution in [3.05, 3.63) is 54.0 Å². The number of pyridine rings is 1. The first-order chi connectivity index (χ1) is 16.5. The van der Waals surface area contributed by atoms with Crippen molar-refractivity contribution >= 4 is 27.3 Å². The standard InChI is InChI=1S/C24H29N5O4S/c1-33-24(30)20-16-19(34(31,32)28-13-4-2-5-14-28)10-11-21(20)27-12-7-8-18(17-27)23-26-25-22-9-3-6-15-29(22)23/h3,6,9-11,15-16,18H,2,4-5,7-8,12-14,17H2,1H3/t18-/m1/s1. The Morgan fingerprint density at radius 2 is 1.85 bits per heavy atom. The Morgan fingerprint density at radius 3 is 2.65 bits per heavy atom. The average molecular weight is 484 g/mol. The van der Waals surface area contributed by atoms with Crippen molar-refractivity contribution in [2.75, 3.05) is 38.2 Å². The summed E-state index contributed by atoms with van der Waals surface area (Å²) in [4.78, 5) is 15.0. The van der Waals surface area contributed by atoms with E-state index < -0.39 is 16.0 Å². The SMILES string of the molecule is COC(=O)c1cc(S(=O)(=O)N2CCCCC2)ccc1N1CCC[C@@H](c2nnc3ccccn23)C1. The first-order valence-electron chi connectivity index (χ1n) is 11.8. The molecule has 1 aromatic carbocycles. The quantitative estimate of drug-likeness (QED) is 0.515. The number of rotatable bonds is 5. The number of piperidine rings is 2. The minimum absolute atomic E-state index is 0.133. The molecule has 10 heteroatoms. The third-order valence-electron chi connectivity index (χ3n) is 6.79. The minimum atomic E-state index is -3.66. The summed E-state index contributed by atoms with van der Waals surface area (Å²) in [5.41, 5.74) is 1.76. The highest BCUT2D eigenvalue weighted by Crippen LogP contribution is 2.33. The minimum Gasteiger partial charge on any atom is -0.465 e. The third-order valence-corrected chi connectivity index (χ3v) is 8.69. The molecular formula is C24H29N5O4S. The summed E-state index contributed by atoms with van der Waals surface area (Å²) in [5, 5.41) is 8.71. The van der Waals surface area contributed by atoms with Crippen molar-refractivity contribution in [3.8, 4) is 0 Å². The summed E-state index contributed by atoms with van der Waals surface area (Å²) in [6.07, 6.45) is 6.59. The van der Waals surface area contributed by atoms with Crippen LogP contribution in [0.15, 0.2) is 47.5 Å². The van der Waals surface area contributed by atoms with Crippen molar-refractivity contribution in [3.63, 3.8) is 0 Å². The number of ether oxygens (including phenoxy) is 1. The van der Waals surface area contributed by atoms with Crippen LogP contribution in [0.3, 0.4) is 0 Å². The zero-order chi connectivity index (χ0) is 23.7. The van der Waals surface area contributed by atoms with Crippen LogP contribution in [0.2, 0.25) is 0 Å². The van der Waals surface area contributed by atoms with Crippen LogP contribution in [0, 0.1) is 0 Å². The highest BCUT2D eigenvalue weighted by Gasteiger charge is 2.31. The number of methoxy groups -OCH3 is 1. The van der Waals surface area contributed by atoms with Crippen molar-refractivity contribution in [2.45, 2.75) is 42.9 Å². The number of carbonyl (C=O) groups excluding carboxylic acids is 1. The van der Waals surface area contributed by atoms with Gasteiger partial charge in [-0.25, -0.2) is 13.2 Å². The molecule has 2 fully saturated rings. The molecule has 0 N–H and O–H groups in total. The first-order valence-corrected chi connectivity index (χ1v) is 13.2. The molecule has 9 nitrogen and oxygen atoms in total. The normalized spacial score (nSPS) is 19.9. The highest BCUT2D eigenvalue weighted by atomic mass is 32.2. The Kier molecular flexibility index (Phi) is 6.26. The molecule has 2 aliphatic heterocycles. The molecule has 0 amide bonds. The molecule has 0 aliphatic carbocycles. The van der Waals surface area contributed by atoms with Crippen molar-refractivity contribution < 1.29 is 17.9 Å². The van der Waals surface area contributed by atoms with Crippen molar-refractivity contribution in [2.24, 2.45) is 0 Å². The van der Waals surface area contributed by atoms with Gasteiger partial charge in [0.15, 0.2) is 5.65 Å². The molecule has 0 unspecified atom stereocenters. The van der Waals surface area contributed by atoms with E-state index in [9.17, 15) is 13.2 Å². The number of esters is 1. The second-order valence-corrected chi connectivity index (χ2v) is 10.8. The van der Waals surface area contributed by atoms with Gasteiger partial charge in [0, 0.05) is 38.3 Å². The van der Waals surface area contributed by atoms with E-state index in [1.807, 2.05) is 28.8 Å². The van der Waals surface area contributed by atoms with Gasteiger partial charge in [0.25, 0.3) is 0 Å². The lowest BCUT2D eigenvalue weighted by molar-refractivity contribution is 0.0601. The number of hydrogen-bond acceptors (Lipinski definition) is 7. The maximum Gasteiger partial charge on any atom is 0.340 e. The smallest absolute Gasteiger partial charge is 0.340 e. The lowest BCUT2D eigenvalue weighted by Crippen LogP contribution is -2.37. The van der Waals surface area contributed by atoms with Crippen LogP contribution < -0.4 is 4.90 Å². The molecule has 1 atom stereocenters. The van der Waals surface area contributed by atoms with E-state index in [1.54, 1.807) is 12.1 Å². The van der Waals surface area contributed by atoms with E-state index in [0.29, 0.717) is 25.3 Å². The van der Waals surface area contributed by atoms with E-state index in [-0.39, 0.29) is 16.4 Å². The Bertz CT molecular complexity index is 1300. The van der Waals surface area contributed by atoms with Gasteiger partial charge in [-0.3, -0.25) is 4.40 Å². The second-order valence-electron chi connectivity index (χ2n) is 8.91. The lowest BCUT2D eigenvalue weighted by Gasteiger charge is -2.35. The molecule has 180 valence electrons. The molecule has 3 aromatic rings. The largest absolute Gasteiger partial charge is 0.465 e. The van der Waals surface area contributed by atoms with Gasteiger partial charge >= 0.3 is 5.97 Å². The van der Waals surface area contributed by atoms with Gasteiger partial charge in [0.1, 0.15) is 5.82 Å². The highest BCUT2D eigenvalue weighted by molar-refractivity contribution is 7.89. The summed E-state index contributed by atoms with van der Waals surface area (Å²) in [6.45, 7) is 2.43. The van der Waals surface area contributed by atoms with Crippen molar-refractivity contribution in [1.82, 2.24) is 18.9 Å². The number of anilines is 1. The van der Waals surface area contributed by atoms with Crippen LogP contribution in [-0.2, 0) is 14.8 Å². The molecule has 2 aromatic heterocycles. The molecular weight excluding hydrogens is 454 g/mol. The van der Waals surface area contributed by atoms with Gasteiger partial charge in [-0.05, 0) is 56.0 Å². The Labute approximate surface area is 199 Å². The van der Waals surface area contributed by atoms with Crippen LogP contribution in [0.25, 0.3) is 5.65 Å². The van der Waals surface area contributed by atoms with E-state index in [0.717, 1.165) is 50.1 Å². The van der Waals surface area contributed by atoms with Crippen LogP contribution >= 0.6 is 0 Å². The summed E-state index contributed by atoms with van der Waals surface area (Å²) >= 11 is 0. The van der Waals surface area contributed by atoms with Crippen molar-refractivity contribution in [1.29, 1.82) is 0 Å². The van der Waals surface area contributed by atoms with Gasteiger partial charge < -0.3 is 9.64 Å². The zero-order valence-corrected chi connectivity index (χ0v) is 20.1. The fraction of sp³-hybridized carbons (Fsp3) is 0.458. The van der Waals surface area contributed by atoms with Crippen LogP contribution in [0.1, 0.15) is 54.2 Å². The predicted octanol–water partition coefficient (Wildman–Crippen LogP) is 3.07. The number of aromatic nitrogens is 3. The maximum atomic E-state index is 13.2. The molecule has 0 saturated carbocycles. The maximum absolute atomic E-state index is 13.2. The van der Waals surface area contributed by atoms with Gasteiger partial charge in [-0.1, -0.05) is 12.5 Å². The fourth-order valence-corrected chi connectivity index (χ4v) is 6.57. The van der Waals surface area contributed by atoms with Gasteiger partial charge in [0.2, 0.25) is 10.0 Å². The zero-order valence-electron chi connectivity index (χ0n) is 19.3. The summed E-state index contributed by atoms with van der Waals surface area (Å²) in [6, 6.07) is 10.6. The number of nitrogens with zero attached hydrogens (tertiary/aromatic N) is 5. The molecule has 2 aliphatic rings. The van der Waals surface area contributed by atoms with E-state index >= 15 is 0 Å². The molecule has 2 saturated heterocycles. The topological polar surface area (TPSA) is 97.1 Å². The molecule has 0 radical (unpaired) electrons. The summed E-state index contributed by atoms with van der Waals surface area (Å²) < 4.78 is 35.0. The van der Waals surface area contributed by atoms with E-state index in [1.165, 1.54) is 17.5 Å². The number of benzene rings is 1. The average Bonchev–Trinajstić information content (AvgIpc) is 3.33. The van der Waals surface area contributed by atoms with Crippen LogP contribution in [0.4, 0.5) is 5.69 Å². The Morgan fingerprint density at radius 1 is 1.03 bits per heavy atom. The van der Waals surface area contributed by atoms with E-state index in [4.69, 9.17) is 4.74 Å². The molecule has 4 heterocycles. The molecule has 0 spiro atoms. The third kappa shape index (κ3) is 4.16. The number of fused-ring (bicyclic) bond motifs is 1. The lowest BCUT2D eigenvalue weighted by atomic mass is 9.96. The number of sulfonamides is 1. The monoisotopic (exact) mass is 483 g/mol. The van der Waals surface area contributed by atoms with Crippen LogP contribution in [-0.4, -0.2) is 66.6 Å². The Balaban J connectivity index is 1.47. The van der Waals surface area contributed by atoms with E-state index in [2.05, 4.69) is 15.1 Å². The molecule has 0 bridgehead atoms. The van der Waals surface area contributed by atoms with Gasteiger partial charge in [0.05, 0.1) is 23.3 Å². The van der Waals surface area contributed by atoms with Gasteiger partial charge in [-0.2, -0.15) is 4.31 Å². The molecule has 5 rings (SSSR count). The first kappa shape index (κ1) is 22.8. The Hall–Kier alpha value is -2.98. The fourth-order valence-electron chi connectivity index (χ4n) is 5.02. The molecule has 34 heavy (non-hydrogen) atoms. The number of hydrogen-bond donors (Lipinski definition) is 0. The van der Waals surface area contributed by atoms with Crippen LogP contribution in [0.5, 0.6) is 0 Å².